The Bertz CT molecular complexity index is 2890. The van der Waals surface area contributed by atoms with Crippen molar-refractivity contribution in [2.24, 2.45) is 0 Å². The second-order valence-electron chi connectivity index (χ2n) is 14.9. The van der Waals surface area contributed by atoms with Gasteiger partial charge < -0.3 is 0 Å². The van der Waals surface area contributed by atoms with E-state index in [1.807, 2.05) is 0 Å². The van der Waals surface area contributed by atoms with Crippen molar-refractivity contribution >= 4 is 64.6 Å². The summed E-state index contributed by atoms with van der Waals surface area (Å²) in [7, 11) is 0. The maximum Gasteiger partial charge on any atom is 0.0159 e. The van der Waals surface area contributed by atoms with Crippen LogP contribution in [0.15, 0.2) is 170 Å². The lowest BCUT2D eigenvalue weighted by Crippen LogP contribution is -2.15. The predicted octanol–water partition coefficient (Wildman–Crippen LogP) is 14.2. The van der Waals surface area contributed by atoms with Crippen LogP contribution in [-0.2, 0) is 5.41 Å². The lowest BCUT2D eigenvalue weighted by molar-refractivity contribution is 0.661. The molecule has 0 saturated carbocycles. The fourth-order valence-electron chi connectivity index (χ4n) is 9.14. The Morgan fingerprint density at radius 3 is 1.16 bits per heavy atom. The summed E-state index contributed by atoms with van der Waals surface area (Å²) >= 11 is 0. The van der Waals surface area contributed by atoms with Gasteiger partial charge in [0.05, 0.1) is 0 Å². The molecule has 11 rings (SSSR count). The maximum absolute atomic E-state index is 2.46. The highest BCUT2D eigenvalue weighted by Gasteiger charge is 2.36. The van der Waals surface area contributed by atoms with Crippen LogP contribution in [0, 0.1) is 0 Å². The summed E-state index contributed by atoms with van der Waals surface area (Å²) in [4.78, 5) is 0. The Balaban J connectivity index is 1.03. The van der Waals surface area contributed by atoms with Crippen LogP contribution in [0.3, 0.4) is 0 Å². The molecule has 0 heteroatoms. The van der Waals surface area contributed by atoms with E-state index in [0.717, 1.165) is 0 Å². The molecule has 0 saturated heterocycles. The van der Waals surface area contributed by atoms with Crippen molar-refractivity contribution in [2.75, 3.05) is 0 Å². The Hall–Kier alpha value is -6.24. The molecule has 1 aliphatic rings. The fourth-order valence-corrected chi connectivity index (χ4v) is 9.14. The molecule has 238 valence electrons. The van der Waals surface area contributed by atoms with Crippen LogP contribution in [0.4, 0.5) is 0 Å². The minimum absolute atomic E-state index is 0.136. The third-order valence-corrected chi connectivity index (χ3v) is 11.8. The van der Waals surface area contributed by atoms with Gasteiger partial charge in [0, 0.05) is 5.41 Å². The summed E-state index contributed by atoms with van der Waals surface area (Å²) in [6.07, 6.45) is 0. The zero-order valence-corrected chi connectivity index (χ0v) is 28.7. The van der Waals surface area contributed by atoms with Gasteiger partial charge in [-0.1, -0.05) is 147 Å². The first-order chi connectivity index (χ1) is 25.0. The normalized spacial score (nSPS) is 13.5. The highest BCUT2D eigenvalue weighted by atomic mass is 14.4. The minimum atomic E-state index is -0.136. The molecule has 0 fully saturated rings. The van der Waals surface area contributed by atoms with E-state index in [1.165, 1.54) is 109 Å². The van der Waals surface area contributed by atoms with Crippen LogP contribution in [0.25, 0.3) is 98.0 Å². The van der Waals surface area contributed by atoms with Gasteiger partial charge in [-0.15, -0.1) is 0 Å². The van der Waals surface area contributed by atoms with Crippen molar-refractivity contribution < 1.29 is 0 Å². The van der Waals surface area contributed by atoms with Gasteiger partial charge in [-0.2, -0.15) is 0 Å². The number of hydrogen-bond acceptors (Lipinski definition) is 0. The Morgan fingerprint density at radius 1 is 0.275 bits per heavy atom. The molecule has 10 aromatic rings. The van der Waals surface area contributed by atoms with E-state index in [4.69, 9.17) is 0 Å². The van der Waals surface area contributed by atoms with E-state index in [9.17, 15) is 0 Å². The second-order valence-corrected chi connectivity index (χ2v) is 14.9. The highest BCUT2D eigenvalue weighted by molar-refractivity contribution is 6.15. The smallest absolute Gasteiger partial charge is 0.0159 e. The molecule has 1 aliphatic carbocycles. The molecule has 0 unspecified atom stereocenters. The summed E-state index contributed by atoms with van der Waals surface area (Å²) < 4.78 is 0. The number of rotatable bonds is 2. The molecule has 10 aromatic carbocycles. The Labute approximate surface area is 297 Å². The van der Waals surface area contributed by atoms with E-state index >= 15 is 0 Å². The zero-order valence-electron chi connectivity index (χ0n) is 28.7. The molecular formula is C51H34. The van der Waals surface area contributed by atoms with E-state index in [0.29, 0.717) is 0 Å². The van der Waals surface area contributed by atoms with Crippen LogP contribution >= 0.6 is 0 Å². The van der Waals surface area contributed by atoms with Crippen molar-refractivity contribution in [3.05, 3.63) is 181 Å². The van der Waals surface area contributed by atoms with Gasteiger partial charge in [0.25, 0.3) is 0 Å². The van der Waals surface area contributed by atoms with E-state index in [2.05, 4.69) is 184 Å². The Kier molecular flexibility index (Phi) is 5.82. The monoisotopic (exact) mass is 646 g/mol. The lowest BCUT2D eigenvalue weighted by Gasteiger charge is -2.23. The number of hydrogen-bond donors (Lipinski definition) is 0. The van der Waals surface area contributed by atoms with Crippen LogP contribution in [0.2, 0.25) is 0 Å². The van der Waals surface area contributed by atoms with Gasteiger partial charge in [-0.05, 0) is 146 Å². The van der Waals surface area contributed by atoms with Crippen molar-refractivity contribution in [2.45, 2.75) is 19.3 Å². The van der Waals surface area contributed by atoms with Crippen LogP contribution in [0.5, 0.6) is 0 Å². The van der Waals surface area contributed by atoms with Gasteiger partial charge in [0.1, 0.15) is 0 Å². The topological polar surface area (TPSA) is 0 Å². The molecular weight excluding hydrogens is 613 g/mol. The largest absolute Gasteiger partial charge is 0.0616 e. The Morgan fingerprint density at radius 2 is 0.667 bits per heavy atom. The summed E-state index contributed by atoms with van der Waals surface area (Å²) in [6.45, 7) is 4.79. The average Bonchev–Trinajstić information content (AvgIpc) is 3.40. The molecule has 0 atom stereocenters. The van der Waals surface area contributed by atoms with Crippen molar-refractivity contribution in [1.82, 2.24) is 0 Å². The minimum Gasteiger partial charge on any atom is -0.0616 e. The number of fused-ring (bicyclic) bond motifs is 11. The quantitative estimate of drug-likeness (QED) is 0.129. The summed E-state index contributed by atoms with van der Waals surface area (Å²) in [6, 6.07) is 63.8. The number of benzene rings is 10. The predicted molar refractivity (Wildman–Crippen MR) is 220 cm³/mol. The summed E-state index contributed by atoms with van der Waals surface area (Å²) in [5.74, 6) is 0. The van der Waals surface area contributed by atoms with E-state index in [1.54, 1.807) is 0 Å². The molecule has 0 aliphatic heterocycles. The lowest BCUT2D eigenvalue weighted by atomic mass is 9.80. The highest BCUT2D eigenvalue weighted by Crippen LogP contribution is 2.51. The molecule has 0 aromatic heterocycles. The molecule has 0 spiro atoms. The zero-order chi connectivity index (χ0) is 33.8. The first kappa shape index (κ1) is 28.6. The van der Waals surface area contributed by atoms with E-state index < -0.39 is 0 Å². The maximum atomic E-state index is 2.46. The first-order valence-electron chi connectivity index (χ1n) is 18.0. The van der Waals surface area contributed by atoms with E-state index in [-0.39, 0.29) is 5.41 Å². The van der Waals surface area contributed by atoms with Crippen molar-refractivity contribution in [3.63, 3.8) is 0 Å². The van der Waals surface area contributed by atoms with Crippen LogP contribution in [0.1, 0.15) is 25.0 Å². The third-order valence-electron chi connectivity index (χ3n) is 11.8. The molecule has 0 nitrogen and oxygen atoms in total. The summed E-state index contributed by atoms with van der Waals surface area (Å²) in [5.41, 5.74) is 10.5. The van der Waals surface area contributed by atoms with Crippen molar-refractivity contribution in [1.29, 1.82) is 0 Å². The van der Waals surface area contributed by atoms with Crippen LogP contribution in [-0.4, -0.2) is 0 Å². The average molecular weight is 647 g/mol. The standard InChI is InChI=1S/C51H34/c1-51(2)49-29-37(41-15-7-11-33-25-47-35(27-45(33)41)19-17-31-9-3-5-13-39(31)47)21-23-43(49)44-24-22-38(30-50(44)51)42-16-8-12-34-26-48-36(28-46(34)42)20-18-32-10-4-6-14-40(32)48/h3-30H,1-2H3. The molecule has 0 N–H and O–H groups in total. The summed E-state index contributed by atoms with van der Waals surface area (Å²) in [5, 5.41) is 15.5. The van der Waals surface area contributed by atoms with Gasteiger partial charge in [0.15, 0.2) is 0 Å². The SMILES string of the molecule is CC1(C)c2cc(-c3cccc4cc5c(ccc6ccccc65)cc34)ccc2-c2ccc(-c3cccc4cc5c(ccc6ccccc65)cc34)cc21. The molecule has 0 radical (unpaired) electrons. The molecule has 0 bridgehead atoms. The molecule has 0 heterocycles. The van der Waals surface area contributed by atoms with Gasteiger partial charge >= 0.3 is 0 Å². The third kappa shape index (κ3) is 4.14. The fraction of sp³-hybridized carbons (Fsp3) is 0.0588. The second kappa shape index (κ2) is 10.4. The molecule has 0 amide bonds. The van der Waals surface area contributed by atoms with Gasteiger partial charge in [-0.3, -0.25) is 0 Å². The van der Waals surface area contributed by atoms with Gasteiger partial charge in [-0.25, -0.2) is 0 Å². The van der Waals surface area contributed by atoms with Crippen LogP contribution < -0.4 is 0 Å². The van der Waals surface area contributed by atoms with Crippen molar-refractivity contribution in [3.8, 4) is 33.4 Å². The molecule has 51 heavy (non-hydrogen) atoms. The van der Waals surface area contributed by atoms with Gasteiger partial charge in [0.2, 0.25) is 0 Å². The first-order valence-corrected chi connectivity index (χ1v) is 18.0.